The van der Waals surface area contributed by atoms with Gasteiger partial charge in [-0.2, -0.15) is 4.98 Å². The van der Waals surface area contributed by atoms with Crippen molar-refractivity contribution in [3.8, 4) is 0 Å². The average Bonchev–Trinajstić information content (AvgIpc) is 3.24. The maximum atomic E-state index is 13.3. The van der Waals surface area contributed by atoms with Gasteiger partial charge in [0.05, 0.1) is 0 Å². The van der Waals surface area contributed by atoms with Crippen molar-refractivity contribution in [1.29, 1.82) is 0 Å². The van der Waals surface area contributed by atoms with Gasteiger partial charge >= 0.3 is 0 Å². The number of hydrogen-bond acceptors (Lipinski definition) is 5. The van der Waals surface area contributed by atoms with Crippen LogP contribution in [0.5, 0.6) is 0 Å². The van der Waals surface area contributed by atoms with Crippen LogP contribution in [0.3, 0.4) is 0 Å². The van der Waals surface area contributed by atoms with Crippen LogP contribution in [0.1, 0.15) is 41.1 Å². The van der Waals surface area contributed by atoms with Crippen LogP contribution in [-0.2, 0) is 17.1 Å². The van der Waals surface area contributed by atoms with Gasteiger partial charge in [0.25, 0.3) is 10.0 Å². The summed E-state index contributed by atoms with van der Waals surface area (Å²) in [6.45, 7) is 3.68. The van der Waals surface area contributed by atoms with Crippen LogP contribution in [0.25, 0.3) is 0 Å². The summed E-state index contributed by atoms with van der Waals surface area (Å²) in [7, 11) is -2.14. The molecule has 2 aliphatic heterocycles. The van der Waals surface area contributed by atoms with Crippen molar-refractivity contribution in [2.24, 2.45) is 7.05 Å². The second-order valence-electron chi connectivity index (χ2n) is 6.84. The molecule has 3 heterocycles. The number of fused-ring (bicyclic) bond motifs is 1. The monoisotopic (exact) mass is 408 g/mol. The SMILES string of the molecule is CCN1c2nc(N3CCCC3)n(C)c2C(=O)C(c2ccc(Cl)cc2)S1(=O)=O. The Morgan fingerprint density at radius 2 is 1.81 bits per heavy atom. The Hall–Kier alpha value is -2.06. The number of benzene rings is 1. The van der Waals surface area contributed by atoms with Gasteiger partial charge in [0.2, 0.25) is 11.7 Å². The van der Waals surface area contributed by atoms with E-state index in [1.165, 1.54) is 4.31 Å². The van der Waals surface area contributed by atoms with Crippen LogP contribution in [-0.4, -0.2) is 43.4 Å². The van der Waals surface area contributed by atoms with Gasteiger partial charge in [-0.25, -0.2) is 8.42 Å². The largest absolute Gasteiger partial charge is 0.342 e. The van der Waals surface area contributed by atoms with Crippen LogP contribution in [0.15, 0.2) is 24.3 Å². The van der Waals surface area contributed by atoms with Gasteiger partial charge < -0.3 is 9.47 Å². The number of ketones is 1. The van der Waals surface area contributed by atoms with Crippen LogP contribution in [0, 0.1) is 0 Å². The summed E-state index contributed by atoms with van der Waals surface area (Å²) in [5.74, 6) is 0.436. The second kappa shape index (κ2) is 6.53. The Kier molecular flexibility index (Phi) is 4.43. The van der Waals surface area contributed by atoms with E-state index in [0.717, 1.165) is 25.9 Å². The third-order valence-corrected chi connectivity index (χ3v) is 7.59. The van der Waals surface area contributed by atoms with Gasteiger partial charge in [-0.05, 0) is 37.5 Å². The van der Waals surface area contributed by atoms with Crippen LogP contribution in [0.2, 0.25) is 5.02 Å². The molecule has 0 amide bonds. The Balaban J connectivity index is 1.90. The van der Waals surface area contributed by atoms with E-state index in [9.17, 15) is 13.2 Å². The highest BCUT2D eigenvalue weighted by molar-refractivity contribution is 7.94. The lowest BCUT2D eigenvalue weighted by atomic mass is 10.1. The van der Waals surface area contributed by atoms with E-state index in [4.69, 9.17) is 11.6 Å². The van der Waals surface area contributed by atoms with Gasteiger partial charge in [-0.15, -0.1) is 0 Å². The number of hydrogen-bond donors (Lipinski definition) is 0. The first-order valence-electron chi connectivity index (χ1n) is 8.99. The molecule has 0 N–H and O–H groups in total. The zero-order valence-electron chi connectivity index (χ0n) is 15.2. The minimum atomic E-state index is -3.92. The molecule has 2 aromatic rings. The summed E-state index contributed by atoms with van der Waals surface area (Å²) in [6.07, 6.45) is 2.13. The van der Waals surface area contributed by atoms with E-state index >= 15 is 0 Å². The van der Waals surface area contributed by atoms with E-state index in [2.05, 4.69) is 9.88 Å². The molecule has 0 saturated carbocycles. The van der Waals surface area contributed by atoms with Crippen molar-refractivity contribution in [3.05, 3.63) is 40.5 Å². The molecule has 27 heavy (non-hydrogen) atoms. The molecule has 0 radical (unpaired) electrons. The molecule has 9 heteroatoms. The smallest absolute Gasteiger partial charge is 0.251 e. The molecule has 144 valence electrons. The normalized spacial score (nSPS) is 21.6. The van der Waals surface area contributed by atoms with Crippen molar-refractivity contribution in [2.45, 2.75) is 25.0 Å². The minimum absolute atomic E-state index is 0.211. The zero-order valence-corrected chi connectivity index (χ0v) is 16.8. The first kappa shape index (κ1) is 18.3. The van der Waals surface area contributed by atoms with Crippen molar-refractivity contribution < 1.29 is 13.2 Å². The lowest BCUT2D eigenvalue weighted by Gasteiger charge is -2.31. The van der Waals surface area contributed by atoms with Crippen LogP contribution >= 0.6 is 11.6 Å². The molecule has 0 aliphatic carbocycles. The summed E-state index contributed by atoms with van der Waals surface area (Å²) in [6, 6.07) is 6.40. The predicted molar refractivity (Wildman–Crippen MR) is 105 cm³/mol. The topological polar surface area (TPSA) is 75.5 Å². The van der Waals surface area contributed by atoms with Crippen molar-refractivity contribution in [2.75, 3.05) is 28.8 Å². The summed E-state index contributed by atoms with van der Waals surface area (Å²) in [5.41, 5.74) is 0.756. The highest BCUT2D eigenvalue weighted by Crippen LogP contribution is 2.41. The number of halogens is 1. The molecule has 7 nitrogen and oxygen atoms in total. The molecule has 1 aromatic carbocycles. The summed E-state index contributed by atoms with van der Waals surface area (Å²) >= 11 is 5.93. The van der Waals surface area contributed by atoms with Gasteiger partial charge in [0.1, 0.15) is 5.69 Å². The van der Waals surface area contributed by atoms with Gasteiger partial charge in [0.15, 0.2) is 11.1 Å². The van der Waals surface area contributed by atoms with Crippen molar-refractivity contribution >= 4 is 39.2 Å². The Morgan fingerprint density at radius 1 is 1.19 bits per heavy atom. The average molecular weight is 409 g/mol. The lowest BCUT2D eigenvalue weighted by Crippen LogP contribution is -2.43. The first-order chi connectivity index (χ1) is 12.9. The molecule has 1 unspecified atom stereocenters. The van der Waals surface area contributed by atoms with Crippen LogP contribution in [0.4, 0.5) is 11.8 Å². The molecule has 4 rings (SSSR count). The number of imidazole rings is 1. The third kappa shape index (κ3) is 2.73. The molecule has 1 fully saturated rings. The van der Waals surface area contributed by atoms with E-state index in [1.54, 1.807) is 42.8 Å². The van der Waals surface area contributed by atoms with Crippen LogP contribution < -0.4 is 9.21 Å². The number of rotatable bonds is 3. The van der Waals surface area contributed by atoms with Gasteiger partial charge in [-0.3, -0.25) is 9.10 Å². The minimum Gasteiger partial charge on any atom is -0.342 e. The predicted octanol–water partition coefficient (Wildman–Crippen LogP) is 2.77. The molecule has 2 aliphatic rings. The molecule has 0 spiro atoms. The van der Waals surface area contributed by atoms with Gasteiger partial charge in [0, 0.05) is 31.7 Å². The molecule has 0 bridgehead atoms. The van der Waals surface area contributed by atoms with E-state index in [1.807, 2.05) is 0 Å². The number of sulfonamides is 1. The van der Waals surface area contributed by atoms with Crippen molar-refractivity contribution in [3.63, 3.8) is 0 Å². The number of anilines is 2. The van der Waals surface area contributed by atoms with E-state index in [-0.39, 0.29) is 12.4 Å². The molecular weight excluding hydrogens is 388 g/mol. The molecule has 1 aromatic heterocycles. The fourth-order valence-corrected chi connectivity index (χ4v) is 5.91. The number of aromatic nitrogens is 2. The van der Waals surface area contributed by atoms with E-state index < -0.39 is 21.1 Å². The third-order valence-electron chi connectivity index (χ3n) is 5.21. The Morgan fingerprint density at radius 3 is 2.41 bits per heavy atom. The molecule has 1 saturated heterocycles. The lowest BCUT2D eigenvalue weighted by molar-refractivity contribution is 0.0977. The Bertz CT molecular complexity index is 994. The maximum Gasteiger partial charge on any atom is 0.251 e. The number of Topliss-reactive ketones (excluding diaryl/α,β-unsaturated/α-hetero) is 1. The fraction of sp³-hybridized carbons (Fsp3) is 0.444. The summed E-state index contributed by atoms with van der Waals surface area (Å²) in [5, 5.41) is -0.798. The fourth-order valence-electron chi connectivity index (χ4n) is 3.92. The first-order valence-corrected chi connectivity index (χ1v) is 10.9. The standard InChI is InChI=1S/C18H21ClN4O3S/c1-3-23-17-14(21(2)18(20-17)22-10-4-5-11-22)15(24)16(27(23,25)26)12-6-8-13(19)9-7-12/h6-9,16H,3-5,10-11H2,1-2H3. The van der Waals surface area contributed by atoms with E-state index in [0.29, 0.717) is 22.2 Å². The van der Waals surface area contributed by atoms with Crippen molar-refractivity contribution in [1.82, 2.24) is 9.55 Å². The highest BCUT2D eigenvalue weighted by atomic mass is 35.5. The number of nitrogens with zero attached hydrogens (tertiary/aromatic N) is 4. The second-order valence-corrected chi connectivity index (χ2v) is 9.22. The van der Waals surface area contributed by atoms with Gasteiger partial charge in [-0.1, -0.05) is 23.7 Å². The summed E-state index contributed by atoms with van der Waals surface area (Å²) < 4.78 is 29.5. The summed E-state index contributed by atoms with van der Waals surface area (Å²) in [4.78, 5) is 20.0. The maximum absolute atomic E-state index is 13.3. The highest BCUT2D eigenvalue weighted by Gasteiger charge is 2.48. The quantitative estimate of drug-likeness (QED) is 0.780. The molecule has 1 atom stereocenters. The Labute approximate surface area is 163 Å². The molecular formula is C18H21ClN4O3S. The number of carbonyl (C=O) groups is 1. The number of carbonyl (C=O) groups excluding carboxylic acids is 1. The zero-order chi connectivity index (χ0) is 19.3.